The van der Waals surface area contributed by atoms with E-state index in [1.54, 1.807) is 0 Å². The highest BCUT2D eigenvalue weighted by atomic mass is 16.6. The lowest BCUT2D eigenvalue weighted by atomic mass is 10.0. The minimum Gasteiger partial charge on any atom is -0.480 e. The Morgan fingerprint density at radius 3 is 1.57 bits per heavy atom. The second-order valence-electron chi connectivity index (χ2n) is 9.30. The number of carboxylic acids is 1. The van der Waals surface area contributed by atoms with Crippen molar-refractivity contribution in [2.24, 2.45) is 11.8 Å². The van der Waals surface area contributed by atoms with Crippen LogP contribution in [0.3, 0.4) is 0 Å². The SMILES string of the molecule is CC(C)C[C@@H](C=O)NC(=O)OCc1ccccc1.CC(C)C[C@H](NC(=O)OCc1ccccc1)C(=O)O. The number of aliphatic carboxylic acids is 1. The molecule has 0 fully saturated rings. The quantitative estimate of drug-likeness (QED) is 0.342. The van der Waals surface area contributed by atoms with Crippen LogP contribution in [0.4, 0.5) is 9.59 Å². The highest BCUT2D eigenvalue weighted by Gasteiger charge is 2.21. The summed E-state index contributed by atoms with van der Waals surface area (Å²) in [6, 6.07) is 17.2. The monoisotopic (exact) mass is 514 g/mol. The topological polar surface area (TPSA) is 131 Å². The number of hydrogen-bond acceptors (Lipinski definition) is 6. The number of aldehydes is 1. The van der Waals surface area contributed by atoms with Gasteiger partial charge in [-0.05, 0) is 35.8 Å². The van der Waals surface area contributed by atoms with E-state index < -0.39 is 30.2 Å². The van der Waals surface area contributed by atoms with Crippen LogP contribution in [0.5, 0.6) is 0 Å². The molecule has 9 heteroatoms. The fourth-order valence-corrected chi connectivity index (χ4v) is 3.17. The van der Waals surface area contributed by atoms with Crippen LogP contribution in [0.15, 0.2) is 60.7 Å². The van der Waals surface area contributed by atoms with E-state index in [9.17, 15) is 19.2 Å². The minimum atomic E-state index is -1.05. The number of nitrogens with one attached hydrogen (secondary N) is 2. The molecule has 202 valence electrons. The van der Waals surface area contributed by atoms with Crippen molar-refractivity contribution in [3.05, 3.63) is 71.8 Å². The van der Waals surface area contributed by atoms with Crippen molar-refractivity contribution in [3.63, 3.8) is 0 Å². The van der Waals surface area contributed by atoms with Crippen LogP contribution in [0.2, 0.25) is 0 Å². The summed E-state index contributed by atoms with van der Waals surface area (Å²) in [5.41, 5.74) is 1.77. The fraction of sp³-hybridized carbons (Fsp3) is 0.429. The predicted molar refractivity (Wildman–Crippen MR) is 140 cm³/mol. The average molecular weight is 515 g/mol. The third kappa shape index (κ3) is 15.0. The van der Waals surface area contributed by atoms with Crippen LogP contribution >= 0.6 is 0 Å². The van der Waals surface area contributed by atoms with E-state index in [0.29, 0.717) is 18.8 Å². The van der Waals surface area contributed by atoms with Crippen LogP contribution in [0, 0.1) is 11.8 Å². The Balaban J connectivity index is 0.000000371. The Morgan fingerprint density at radius 1 is 0.757 bits per heavy atom. The molecule has 2 amide bonds. The second-order valence-corrected chi connectivity index (χ2v) is 9.30. The highest BCUT2D eigenvalue weighted by Crippen LogP contribution is 2.07. The number of alkyl carbamates (subject to hydrolysis) is 2. The van der Waals surface area contributed by atoms with Gasteiger partial charge < -0.3 is 30.0 Å². The van der Waals surface area contributed by atoms with E-state index in [1.807, 2.05) is 88.4 Å². The fourth-order valence-electron chi connectivity index (χ4n) is 3.17. The molecule has 0 aliphatic carbocycles. The molecule has 0 radical (unpaired) electrons. The molecule has 3 N–H and O–H groups in total. The van der Waals surface area contributed by atoms with Gasteiger partial charge in [0.1, 0.15) is 25.5 Å². The highest BCUT2D eigenvalue weighted by molar-refractivity contribution is 5.79. The molecule has 0 aliphatic heterocycles. The number of benzene rings is 2. The first-order valence-corrected chi connectivity index (χ1v) is 12.2. The van der Waals surface area contributed by atoms with Crippen molar-refractivity contribution in [1.82, 2.24) is 10.6 Å². The zero-order valence-electron chi connectivity index (χ0n) is 21.9. The minimum absolute atomic E-state index is 0.126. The Bertz CT molecular complexity index is 950. The van der Waals surface area contributed by atoms with Gasteiger partial charge in [-0.3, -0.25) is 0 Å². The lowest BCUT2D eigenvalue weighted by Gasteiger charge is -2.16. The number of hydrogen-bond donors (Lipinski definition) is 3. The maximum atomic E-state index is 11.5. The zero-order valence-corrected chi connectivity index (χ0v) is 21.9. The number of carboxylic acid groups (broad SMARTS) is 1. The number of carbonyl (C=O) groups excluding carboxylic acids is 3. The van der Waals surface area contributed by atoms with Gasteiger partial charge in [0.05, 0.1) is 6.04 Å². The maximum Gasteiger partial charge on any atom is 0.408 e. The first-order valence-electron chi connectivity index (χ1n) is 12.2. The van der Waals surface area contributed by atoms with Gasteiger partial charge in [-0.15, -0.1) is 0 Å². The van der Waals surface area contributed by atoms with Crippen molar-refractivity contribution in [2.75, 3.05) is 0 Å². The van der Waals surface area contributed by atoms with Crippen LogP contribution in [-0.4, -0.2) is 41.6 Å². The van der Waals surface area contributed by atoms with E-state index in [2.05, 4.69) is 10.6 Å². The first kappa shape index (κ1) is 31.2. The van der Waals surface area contributed by atoms with Gasteiger partial charge in [0.15, 0.2) is 0 Å². The van der Waals surface area contributed by atoms with E-state index in [1.165, 1.54) is 0 Å². The molecule has 0 heterocycles. The van der Waals surface area contributed by atoms with Crippen molar-refractivity contribution in [1.29, 1.82) is 0 Å². The van der Waals surface area contributed by atoms with E-state index >= 15 is 0 Å². The first-order chi connectivity index (χ1) is 17.6. The van der Waals surface area contributed by atoms with Crippen LogP contribution < -0.4 is 10.6 Å². The molecule has 0 aromatic heterocycles. The maximum absolute atomic E-state index is 11.5. The van der Waals surface area contributed by atoms with E-state index in [0.717, 1.165) is 17.4 Å². The zero-order chi connectivity index (χ0) is 27.6. The van der Waals surface area contributed by atoms with Gasteiger partial charge in [0.25, 0.3) is 0 Å². The summed E-state index contributed by atoms with van der Waals surface area (Å²) in [7, 11) is 0. The van der Waals surface area contributed by atoms with Crippen LogP contribution in [0.1, 0.15) is 51.7 Å². The summed E-state index contributed by atoms with van der Waals surface area (Å²) in [6.07, 6.45) is 0.456. The third-order valence-corrected chi connectivity index (χ3v) is 4.92. The molecule has 2 aromatic carbocycles. The van der Waals surface area contributed by atoms with E-state index in [4.69, 9.17) is 14.6 Å². The summed E-state index contributed by atoms with van der Waals surface area (Å²) >= 11 is 0. The van der Waals surface area contributed by atoms with Gasteiger partial charge in [-0.25, -0.2) is 14.4 Å². The van der Waals surface area contributed by atoms with Gasteiger partial charge in [0, 0.05) is 0 Å². The van der Waals surface area contributed by atoms with Gasteiger partial charge >= 0.3 is 18.2 Å². The van der Waals surface area contributed by atoms with Crippen molar-refractivity contribution in [3.8, 4) is 0 Å². The summed E-state index contributed by atoms with van der Waals surface area (Å²) in [4.78, 5) is 44.7. The Kier molecular flexibility index (Phi) is 14.8. The molecule has 0 spiro atoms. The lowest BCUT2D eigenvalue weighted by molar-refractivity contribution is -0.139. The molecule has 2 rings (SSSR count). The van der Waals surface area contributed by atoms with Gasteiger partial charge in [-0.2, -0.15) is 0 Å². The summed E-state index contributed by atoms with van der Waals surface area (Å²) in [5.74, 6) is -0.532. The molecule has 0 unspecified atom stereocenters. The van der Waals surface area contributed by atoms with Gasteiger partial charge in [0.2, 0.25) is 0 Å². The molecule has 0 aliphatic rings. The van der Waals surface area contributed by atoms with Crippen molar-refractivity contribution in [2.45, 2.75) is 65.8 Å². The molecule has 0 saturated heterocycles. The molecule has 0 saturated carbocycles. The molecule has 2 aromatic rings. The Hall–Kier alpha value is -3.88. The molecule has 2 atom stereocenters. The smallest absolute Gasteiger partial charge is 0.408 e. The van der Waals surface area contributed by atoms with Crippen molar-refractivity contribution >= 4 is 24.4 Å². The van der Waals surface area contributed by atoms with Gasteiger partial charge in [-0.1, -0.05) is 88.4 Å². The second kappa shape index (κ2) is 17.5. The average Bonchev–Trinajstić information content (AvgIpc) is 2.86. The number of carbonyl (C=O) groups is 4. The molecule has 0 bridgehead atoms. The summed E-state index contributed by atoms with van der Waals surface area (Å²) in [5, 5.41) is 13.9. The molecular weight excluding hydrogens is 476 g/mol. The molecule has 9 nitrogen and oxygen atoms in total. The Morgan fingerprint density at radius 2 is 1.19 bits per heavy atom. The lowest BCUT2D eigenvalue weighted by Crippen LogP contribution is -2.41. The van der Waals surface area contributed by atoms with E-state index in [-0.39, 0.29) is 19.1 Å². The standard InChI is InChI=1S/C14H19NO4.C14H19NO3/c1-10(2)8-12(13(16)17)15-14(18)19-9-11-6-4-3-5-7-11;1-11(2)8-13(9-16)15-14(17)18-10-12-6-4-3-5-7-12/h3-7,10,12H,8-9H2,1-2H3,(H,15,18)(H,16,17);3-7,9,11,13H,8,10H2,1-2H3,(H,15,17)/t12-;13-/m00/s1. The number of amides is 2. The normalized spacial score (nSPS) is 11.9. The molecular formula is C28H38N2O7. The third-order valence-electron chi connectivity index (χ3n) is 4.92. The van der Waals surface area contributed by atoms with Crippen LogP contribution in [0.25, 0.3) is 0 Å². The number of rotatable bonds is 12. The molecule has 37 heavy (non-hydrogen) atoms. The summed E-state index contributed by atoms with van der Waals surface area (Å²) < 4.78 is 10.0. The Labute approximate surface area is 218 Å². The predicted octanol–water partition coefficient (Wildman–Crippen LogP) is 4.94. The van der Waals surface area contributed by atoms with Crippen molar-refractivity contribution < 1.29 is 33.8 Å². The number of ether oxygens (including phenoxy) is 2. The van der Waals surface area contributed by atoms with Crippen LogP contribution in [-0.2, 0) is 32.3 Å². The summed E-state index contributed by atoms with van der Waals surface area (Å²) in [6.45, 7) is 8.11. The largest absolute Gasteiger partial charge is 0.480 e.